The van der Waals surface area contributed by atoms with Crippen LogP contribution in [0.4, 0.5) is 0 Å². The molecule has 68 valence electrons. The summed E-state index contributed by atoms with van der Waals surface area (Å²) in [6.07, 6.45) is 2.77. The Morgan fingerprint density at radius 2 is 2.27 bits per heavy atom. The van der Waals surface area contributed by atoms with Crippen LogP contribution in [-0.4, -0.2) is 24.5 Å². The van der Waals surface area contributed by atoms with Gasteiger partial charge in [-0.1, -0.05) is 12.1 Å². The van der Waals surface area contributed by atoms with Crippen LogP contribution in [0.25, 0.3) is 0 Å². The zero-order valence-electron chi connectivity index (χ0n) is 6.87. The van der Waals surface area contributed by atoms with Gasteiger partial charge in [0, 0.05) is 12.2 Å². The minimum atomic E-state index is 0. The quantitative estimate of drug-likeness (QED) is 0.315. The van der Waals surface area contributed by atoms with Crippen LogP contribution in [0, 0.1) is 0 Å². The highest BCUT2D eigenvalue weighted by Gasteiger charge is 1.86. The Labute approximate surface area is 78.1 Å². The van der Waals surface area contributed by atoms with E-state index in [4.69, 9.17) is 10.6 Å². The first kappa shape index (κ1) is 13.5. The molecule has 5 heteroatoms. The Morgan fingerprint density at radius 3 is 2.73 bits per heavy atom. The number of amidine groups is 1. The van der Waals surface area contributed by atoms with Crippen molar-refractivity contribution < 1.29 is 4.84 Å². The molecule has 0 aliphatic heterocycles. The number of thioether (sulfide) groups is 1. The average Bonchev–Trinajstić information content (AvgIpc) is 1.98. The molecular formula is C6H15ClN2OS. The summed E-state index contributed by atoms with van der Waals surface area (Å²) in [7, 11) is 0. The van der Waals surface area contributed by atoms with E-state index in [1.807, 2.05) is 13.2 Å². The molecule has 0 unspecified atom stereocenters. The molecule has 0 saturated carbocycles. The molecule has 0 aromatic carbocycles. The SMILES string of the molecule is CC/C(N)=N\OCCSC.Cl. The van der Waals surface area contributed by atoms with Crippen LogP contribution in [0.5, 0.6) is 0 Å². The fourth-order valence-electron chi connectivity index (χ4n) is 0.314. The fraction of sp³-hybridized carbons (Fsp3) is 0.833. The standard InChI is InChI=1S/C6H14N2OS.ClH/c1-3-6(7)8-9-4-5-10-2;/h3-5H2,1-2H3,(H2,7,8);1H. The summed E-state index contributed by atoms with van der Waals surface area (Å²) in [5, 5.41) is 3.66. The number of oxime groups is 1. The topological polar surface area (TPSA) is 47.6 Å². The van der Waals surface area contributed by atoms with Crippen molar-refractivity contribution in [1.82, 2.24) is 0 Å². The maximum Gasteiger partial charge on any atom is 0.139 e. The molecule has 0 heterocycles. The second-order valence-corrected chi connectivity index (χ2v) is 2.75. The third-order valence-corrected chi connectivity index (χ3v) is 1.50. The number of nitrogens with zero attached hydrogens (tertiary/aromatic N) is 1. The molecule has 0 bridgehead atoms. The Kier molecular flexibility index (Phi) is 12.2. The van der Waals surface area contributed by atoms with Crippen molar-refractivity contribution in [3.05, 3.63) is 0 Å². The lowest BCUT2D eigenvalue weighted by molar-refractivity contribution is 0.160. The van der Waals surface area contributed by atoms with Crippen LogP contribution < -0.4 is 5.73 Å². The average molecular weight is 199 g/mol. The third kappa shape index (κ3) is 9.91. The van der Waals surface area contributed by atoms with E-state index in [2.05, 4.69) is 5.16 Å². The normalized spacial score (nSPS) is 10.5. The molecule has 11 heavy (non-hydrogen) atoms. The summed E-state index contributed by atoms with van der Waals surface area (Å²) in [6, 6.07) is 0. The van der Waals surface area contributed by atoms with Gasteiger partial charge in [0.05, 0.1) is 0 Å². The van der Waals surface area contributed by atoms with Gasteiger partial charge in [0.15, 0.2) is 0 Å². The molecule has 0 saturated heterocycles. The molecule has 0 rings (SSSR count). The molecule has 0 aromatic rings. The maximum absolute atomic E-state index is 5.37. The molecule has 0 atom stereocenters. The molecule has 0 fully saturated rings. The maximum atomic E-state index is 5.37. The van der Waals surface area contributed by atoms with Crippen molar-refractivity contribution in [1.29, 1.82) is 0 Å². The predicted octanol–water partition coefficient (Wildman–Crippen LogP) is 1.47. The van der Waals surface area contributed by atoms with Gasteiger partial charge in [-0.15, -0.1) is 12.4 Å². The molecular weight excluding hydrogens is 184 g/mol. The minimum absolute atomic E-state index is 0. The molecule has 3 nitrogen and oxygen atoms in total. The summed E-state index contributed by atoms with van der Waals surface area (Å²) in [4.78, 5) is 4.87. The van der Waals surface area contributed by atoms with Gasteiger partial charge in [-0.25, -0.2) is 0 Å². The summed E-state index contributed by atoms with van der Waals surface area (Å²) >= 11 is 1.73. The zero-order valence-corrected chi connectivity index (χ0v) is 8.50. The van der Waals surface area contributed by atoms with Crippen molar-refractivity contribution in [2.24, 2.45) is 10.9 Å². The van der Waals surface area contributed by atoms with Gasteiger partial charge in [-0.05, 0) is 6.26 Å². The Morgan fingerprint density at radius 1 is 1.64 bits per heavy atom. The highest BCUT2D eigenvalue weighted by molar-refractivity contribution is 7.98. The number of nitrogens with two attached hydrogens (primary N) is 1. The van der Waals surface area contributed by atoms with E-state index >= 15 is 0 Å². The minimum Gasteiger partial charge on any atom is -0.394 e. The largest absolute Gasteiger partial charge is 0.394 e. The van der Waals surface area contributed by atoms with E-state index in [-0.39, 0.29) is 12.4 Å². The van der Waals surface area contributed by atoms with Gasteiger partial charge in [0.2, 0.25) is 0 Å². The van der Waals surface area contributed by atoms with Crippen LogP contribution in [0.1, 0.15) is 13.3 Å². The van der Waals surface area contributed by atoms with E-state index in [0.29, 0.717) is 12.4 Å². The predicted molar refractivity (Wildman–Crippen MR) is 53.5 cm³/mol. The van der Waals surface area contributed by atoms with Crippen LogP contribution in [-0.2, 0) is 4.84 Å². The molecule has 0 aliphatic carbocycles. The van der Waals surface area contributed by atoms with Crippen LogP contribution in [0.15, 0.2) is 5.16 Å². The lowest BCUT2D eigenvalue weighted by Gasteiger charge is -1.97. The van der Waals surface area contributed by atoms with Gasteiger partial charge in [-0.3, -0.25) is 0 Å². The van der Waals surface area contributed by atoms with Gasteiger partial charge in [0.25, 0.3) is 0 Å². The Balaban J connectivity index is 0. The third-order valence-electron chi connectivity index (χ3n) is 0.923. The summed E-state index contributed by atoms with van der Waals surface area (Å²) in [5.74, 6) is 1.52. The zero-order chi connectivity index (χ0) is 7.82. The van der Waals surface area contributed by atoms with Crippen LogP contribution in [0.3, 0.4) is 0 Å². The summed E-state index contributed by atoms with van der Waals surface area (Å²) in [6.45, 7) is 2.58. The van der Waals surface area contributed by atoms with E-state index in [9.17, 15) is 0 Å². The van der Waals surface area contributed by atoms with E-state index in [1.165, 1.54) is 0 Å². The highest BCUT2D eigenvalue weighted by atomic mass is 35.5. The highest BCUT2D eigenvalue weighted by Crippen LogP contribution is 1.90. The molecule has 0 spiro atoms. The monoisotopic (exact) mass is 198 g/mol. The first-order valence-corrected chi connectivity index (χ1v) is 4.63. The van der Waals surface area contributed by atoms with Gasteiger partial charge in [-0.2, -0.15) is 11.8 Å². The number of hydrogen-bond donors (Lipinski definition) is 1. The number of halogens is 1. The van der Waals surface area contributed by atoms with Crippen LogP contribution >= 0.6 is 24.2 Å². The number of rotatable bonds is 5. The molecule has 0 aliphatic rings. The van der Waals surface area contributed by atoms with Crippen molar-refractivity contribution >= 4 is 30.0 Å². The number of hydrogen-bond acceptors (Lipinski definition) is 3. The molecule has 0 aromatic heterocycles. The van der Waals surface area contributed by atoms with Crippen molar-refractivity contribution in [2.75, 3.05) is 18.6 Å². The van der Waals surface area contributed by atoms with E-state index < -0.39 is 0 Å². The molecule has 2 N–H and O–H groups in total. The van der Waals surface area contributed by atoms with Gasteiger partial charge < -0.3 is 10.6 Å². The van der Waals surface area contributed by atoms with E-state index in [1.54, 1.807) is 11.8 Å². The summed E-state index contributed by atoms with van der Waals surface area (Å²) in [5.41, 5.74) is 5.37. The second-order valence-electron chi connectivity index (χ2n) is 1.76. The van der Waals surface area contributed by atoms with Crippen molar-refractivity contribution in [2.45, 2.75) is 13.3 Å². The molecule has 0 radical (unpaired) electrons. The molecule has 0 amide bonds. The van der Waals surface area contributed by atoms with Gasteiger partial charge >= 0.3 is 0 Å². The lowest BCUT2D eigenvalue weighted by Crippen LogP contribution is -2.10. The first-order valence-electron chi connectivity index (χ1n) is 3.24. The lowest BCUT2D eigenvalue weighted by atomic mass is 10.5. The van der Waals surface area contributed by atoms with Crippen LogP contribution in [0.2, 0.25) is 0 Å². The fourth-order valence-corrected chi connectivity index (χ4v) is 0.555. The van der Waals surface area contributed by atoms with Crippen molar-refractivity contribution in [3.8, 4) is 0 Å². The summed E-state index contributed by atoms with van der Waals surface area (Å²) < 4.78 is 0. The second kappa shape index (κ2) is 9.91. The smallest absolute Gasteiger partial charge is 0.139 e. The van der Waals surface area contributed by atoms with Crippen molar-refractivity contribution in [3.63, 3.8) is 0 Å². The Bertz CT molecular complexity index is 111. The van der Waals surface area contributed by atoms with E-state index in [0.717, 1.165) is 12.2 Å². The van der Waals surface area contributed by atoms with Gasteiger partial charge in [0.1, 0.15) is 12.4 Å². The first-order chi connectivity index (χ1) is 4.81. The Hall–Kier alpha value is -0.0900.